The van der Waals surface area contributed by atoms with Crippen molar-refractivity contribution in [2.24, 2.45) is 5.92 Å². The van der Waals surface area contributed by atoms with E-state index in [0.29, 0.717) is 17.7 Å². The Balaban J connectivity index is 2.04. The molecule has 1 saturated heterocycles. The normalized spacial score (nSPS) is 20.8. The van der Waals surface area contributed by atoms with E-state index in [4.69, 9.17) is 5.11 Å². The van der Waals surface area contributed by atoms with E-state index in [1.54, 1.807) is 6.07 Å². The van der Waals surface area contributed by atoms with Gasteiger partial charge in [-0.25, -0.2) is 4.79 Å². The number of rotatable bonds is 4. The molecule has 0 saturated carbocycles. The summed E-state index contributed by atoms with van der Waals surface area (Å²) in [4.78, 5) is 13.6. The monoisotopic (exact) mass is 362 g/mol. The topological polar surface area (TPSA) is 45.5 Å². The van der Waals surface area contributed by atoms with E-state index in [-0.39, 0.29) is 0 Å². The summed E-state index contributed by atoms with van der Waals surface area (Å²) >= 11 is 2.17. The molecule has 1 atom stereocenters. The van der Waals surface area contributed by atoms with Crippen LogP contribution in [0.15, 0.2) is 12.3 Å². The van der Waals surface area contributed by atoms with Gasteiger partial charge in [-0.05, 0) is 61.4 Å². The van der Waals surface area contributed by atoms with E-state index in [1.807, 2.05) is 10.8 Å². The van der Waals surface area contributed by atoms with Gasteiger partial charge in [0.15, 0.2) is 0 Å². The number of carboxylic acids is 1. The largest absolute Gasteiger partial charge is 0.477 e. The standard InChI is InChI=1S/C13H19IN2O2/c1-9(2)15-4-3-10(6-15)7-16-8-11(14)5-12(16)13(17)18/h5,8-10H,3-4,6-7H2,1-2H3,(H,17,18). The number of halogens is 1. The third-order valence-corrected chi connectivity index (χ3v) is 4.17. The Kier molecular flexibility index (Phi) is 4.32. The van der Waals surface area contributed by atoms with Crippen molar-refractivity contribution in [3.05, 3.63) is 21.5 Å². The second kappa shape index (κ2) is 5.61. The molecular weight excluding hydrogens is 343 g/mol. The lowest BCUT2D eigenvalue weighted by molar-refractivity contribution is 0.0684. The van der Waals surface area contributed by atoms with Gasteiger partial charge in [0.2, 0.25) is 0 Å². The van der Waals surface area contributed by atoms with Crippen LogP contribution in [0.3, 0.4) is 0 Å². The highest BCUT2D eigenvalue weighted by Gasteiger charge is 2.25. The first kappa shape index (κ1) is 13.9. The van der Waals surface area contributed by atoms with Gasteiger partial charge in [-0.1, -0.05) is 0 Å². The third kappa shape index (κ3) is 3.06. The summed E-state index contributed by atoms with van der Waals surface area (Å²) in [6.07, 6.45) is 3.09. The lowest BCUT2D eigenvalue weighted by Crippen LogP contribution is -2.29. The lowest BCUT2D eigenvalue weighted by Gasteiger charge is -2.20. The van der Waals surface area contributed by atoms with Gasteiger partial charge >= 0.3 is 5.97 Å². The molecule has 5 heteroatoms. The Hall–Kier alpha value is -0.560. The molecule has 2 rings (SSSR count). The quantitative estimate of drug-likeness (QED) is 0.838. The molecule has 0 aromatic carbocycles. The van der Waals surface area contributed by atoms with Gasteiger partial charge < -0.3 is 14.6 Å². The maximum Gasteiger partial charge on any atom is 0.352 e. The fourth-order valence-corrected chi connectivity index (χ4v) is 3.19. The van der Waals surface area contributed by atoms with Crippen LogP contribution in [0.5, 0.6) is 0 Å². The van der Waals surface area contributed by atoms with Gasteiger partial charge in [-0.3, -0.25) is 0 Å². The van der Waals surface area contributed by atoms with E-state index < -0.39 is 5.97 Å². The molecule has 0 radical (unpaired) electrons. The van der Waals surface area contributed by atoms with Crippen molar-refractivity contribution in [3.63, 3.8) is 0 Å². The number of nitrogens with zero attached hydrogens (tertiary/aromatic N) is 2. The van der Waals surface area contributed by atoms with Gasteiger partial charge in [0.1, 0.15) is 5.69 Å². The van der Waals surface area contributed by atoms with Crippen molar-refractivity contribution >= 4 is 28.6 Å². The Morgan fingerprint density at radius 1 is 1.61 bits per heavy atom. The second-order valence-electron chi connectivity index (χ2n) is 5.24. The van der Waals surface area contributed by atoms with Crippen LogP contribution in [0.25, 0.3) is 0 Å². The number of hydrogen-bond acceptors (Lipinski definition) is 2. The summed E-state index contributed by atoms with van der Waals surface area (Å²) in [5, 5.41) is 9.16. The van der Waals surface area contributed by atoms with Crippen molar-refractivity contribution in [3.8, 4) is 0 Å². The first-order chi connectivity index (χ1) is 8.47. The first-order valence-corrected chi connectivity index (χ1v) is 7.38. The summed E-state index contributed by atoms with van der Waals surface area (Å²) in [7, 11) is 0. The smallest absolute Gasteiger partial charge is 0.352 e. The second-order valence-corrected chi connectivity index (χ2v) is 6.49. The first-order valence-electron chi connectivity index (χ1n) is 6.30. The van der Waals surface area contributed by atoms with E-state index >= 15 is 0 Å². The molecule has 0 aliphatic carbocycles. The highest BCUT2D eigenvalue weighted by atomic mass is 127. The van der Waals surface area contributed by atoms with Gasteiger partial charge in [0.25, 0.3) is 0 Å². The zero-order chi connectivity index (χ0) is 13.3. The zero-order valence-electron chi connectivity index (χ0n) is 10.8. The lowest BCUT2D eigenvalue weighted by atomic mass is 10.1. The van der Waals surface area contributed by atoms with E-state index in [0.717, 1.165) is 29.6 Å². The number of carbonyl (C=O) groups is 1. The summed E-state index contributed by atoms with van der Waals surface area (Å²) in [5.74, 6) is -0.273. The number of likely N-dealkylation sites (tertiary alicyclic amines) is 1. The Morgan fingerprint density at radius 3 is 2.89 bits per heavy atom. The molecule has 1 aromatic heterocycles. The molecule has 1 aromatic rings. The molecule has 2 heterocycles. The maximum atomic E-state index is 11.1. The average molecular weight is 362 g/mol. The molecule has 100 valence electrons. The minimum Gasteiger partial charge on any atom is -0.477 e. The Morgan fingerprint density at radius 2 is 2.33 bits per heavy atom. The minimum atomic E-state index is -0.836. The van der Waals surface area contributed by atoms with Gasteiger partial charge in [-0.2, -0.15) is 0 Å². The maximum absolute atomic E-state index is 11.1. The van der Waals surface area contributed by atoms with Crippen LogP contribution in [-0.4, -0.2) is 39.7 Å². The molecule has 1 N–H and O–H groups in total. The molecule has 1 aliphatic rings. The molecule has 18 heavy (non-hydrogen) atoms. The highest BCUT2D eigenvalue weighted by Crippen LogP contribution is 2.22. The van der Waals surface area contributed by atoms with Crippen molar-refractivity contribution in [2.45, 2.75) is 32.9 Å². The molecule has 4 nitrogen and oxygen atoms in total. The minimum absolute atomic E-state index is 0.405. The Bertz CT molecular complexity index is 442. The number of aromatic nitrogens is 1. The van der Waals surface area contributed by atoms with Crippen molar-refractivity contribution in [2.75, 3.05) is 13.1 Å². The van der Waals surface area contributed by atoms with Gasteiger partial charge in [0, 0.05) is 28.9 Å². The highest BCUT2D eigenvalue weighted by molar-refractivity contribution is 14.1. The van der Waals surface area contributed by atoms with Gasteiger partial charge in [0.05, 0.1) is 0 Å². The fraction of sp³-hybridized carbons (Fsp3) is 0.615. The number of carboxylic acid groups (broad SMARTS) is 1. The molecule has 0 spiro atoms. The predicted octanol–water partition coefficient (Wildman–Crippen LogP) is 2.52. The third-order valence-electron chi connectivity index (χ3n) is 3.58. The average Bonchev–Trinajstić information content (AvgIpc) is 2.86. The van der Waals surface area contributed by atoms with Crippen molar-refractivity contribution in [1.29, 1.82) is 0 Å². The SMILES string of the molecule is CC(C)N1CCC(Cn2cc(I)cc2C(=O)O)C1. The van der Waals surface area contributed by atoms with Crippen LogP contribution >= 0.6 is 22.6 Å². The number of hydrogen-bond donors (Lipinski definition) is 1. The molecule has 1 unspecified atom stereocenters. The van der Waals surface area contributed by atoms with Gasteiger partial charge in [-0.15, -0.1) is 0 Å². The molecule has 0 amide bonds. The molecular formula is C13H19IN2O2. The summed E-state index contributed by atoms with van der Waals surface area (Å²) in [6.45, 7) is 7.44. The predicted molar refractivity (Wildman–Crippen MR) is 78.9 cm³/mol. The van der Waals surface area contributed by atoms with Crippen LogP contribution in [-0.2, 0) is 6.54 Å². The van der Waals surface area contributed by atoms with Crippen LogP contribution < -0.4 is 0 Å². The van der Waals surface area contributed by atoms with Crippen molar-refractivity contribution in [1.82, 2.24) is 9.47 Å². The van der Waals surface area contributed by atoms with Crippen LogP contribution in [0.2, 0.25) is 0 Å². The summed E-state index contributed by atoms with van der Waals surface area (Å²) < 4.78 is 2.88. The van der Waals surface area contributed by atoms with Crippen LogP contribution in [0, 0.1) is 9.49 Å². The van der Waals surface area contributed by atoms with Crippen molar-refractivity contribution < 1.29 is 9.90 Å². The molecule has 1 aliphatic heterocycles. The fourth-order valence-electron chi connectivity index (χ4n) is 2.56. The van der Waals surface area contributed by atoms with Crippen LogP contribution in [0.1, 0.15) is 30.8 Å². The summed E-state index contributed by atoms with van der Waals surface area (Å²) in [6, 6.07) is 2.32. The molecule has 0 bridgehead atoms. The number of aromatic carboxylic acids is 1. The Labute approximate surface area is 121 Å². The summed E-state index contributed by atoms with van der Waals surface area (Å²) in [5.41, 5.74) is 0.405. The van der Waals surface area contributed by atoms with Crippen LogP contribution in [0.4, 0.5) is 0 Å². The zero-order valence-corrected chi connectivity index (χ0v) is 12.9. The molecule has 1 fully saturated rings. The van der Waals surface area contributed by atoms with E-state index in [1.165, 1.54) is 0 Å². The van der Waals surface area contributed by atoms with E-state index in [2.05, 4.69) is 41.3 Å². The van der Waals surface area contributed by atoms with E-state index in [9.17, 15) is 4.79 Å².